The zero-order valence-electron chi connectivity index (χ0n) is 21.8. The molecule has 4 aromatic carbocycles. The second-order valence-electron chi connectivity index (χ2n) is 8.25. The van der Waals surface area contributed by atoms with Gasteiger partial charge in [-0.3, -0.25) is 6.08 Å². The van der Waals surface area contributed by atoms with Gasteiger partial charge in [-0.1, -0.05) is 6.07 Å². The van der Waals surface area contributed by atoms with E-state index in [1.807, 2.05) is 12.2 Å². The first-order valence-electron chi connectivity index (χ1n) is 11.8. The van der Waals surface area contributed by atoms with Crippen LogP contribution in [0.1, 0.15) is 31.4 Å². The number of alkyl halides is 6. The van der Waals surface area contributed by atoms with Crippen LogP contribution < -0.4 is 0 Å². The smallest absolute Gasteiger partial charge is 0.416 e. The number of aromatic hydroxyl groups is 2. The summed E-state index contributed by atoms with van der Waals surface area (Å²) in [6.45, 7) is 4.25. The molecule has 9 heteroatoms. The Kier molecular flexibility index (Phi) is 15.1. The number of rotatable bonds is 0. The number of halogens is 6. The molecule has 0 fully saturated rings. The fraction of sp³-hybridized carbons (Fsp3) is 0.161. The molecule has 0 aliphatic heterocycles. The summed E-state index contributed by atoms with van der Waals surface area (Å²) in [5, 5.41) is 20.0. The van der Waals surface area contributed by atoms with E-state index in [2.05, 4.69) is 68.5 Å². The van der Waals surface area contributed by atoms with Crippen molar-refractivity contribution in [2.24, 2.45) is 0 Å². The van der Waals surface area contributed by atoms with Gasteiger partial charge in [-0.2, -0.15) is 49.9 Å². The number of allylic oxidation sites excluding steroid dienone is 4. The minimum absolute atomic E-state index is 0.169. The van der Waals surface area contributed by atoms with Gasteiger partial charge in [-0.15, -0.1) is 36.1 Å². The van der Waals surface area contributed by atoms with Crippen LogP contribution in [0.25, 0.3) is 10.8 Å². The molecule has 5 rings (SSSR count). The molecule has 0 radical (unpaired) electrons. The zero-order chi connectivity index (χ0) is 30.2. The van der Waals surface area contributed by atoms with E-state index in [1.54, 1.807) is 24.2 Å². The average molecular weight is 638 g/mol. The molecule has 40 heavy (non-hydrogen) atoms. The van der Waals surface area contributed by atoms with Crippen molar-refractivity contribution >= 4 is 14.0 Å². The van der Waals surface area contributed by atoms with Crippen molar-refractivity contribution < 1.29 is 60.8 Å². The van der Waals surface area contributed by atoms with Gasteiger partial charge in [0, 0.05) is 0 Å². The number of hydrogen-bond acceptors (Lipinski definition) is 2. The maximum atomic E-state index is 11.8. The van der Waals surface area contributed by atoms with Crippen molar-refractivity contribution in [3.63, 3.8) is 0 Å². The molecule has 2 nitrogen and oxygen atoms in total. The minimum Gasteiger partial charge on any atom is -0.508 e. The van der Waals surface area contributed by atoms with Gasteiger partial charge in [0.05, 0.1) is 11.1 Å². The van der Waals surface area contributed by atoms with Crippen molar-refractivity contribution in [3.8, 4) is 11.5 Å². The van der Waals surface area contributed by atoms with E-state index in [0.29, 0.717) is 0 Å². The van der Waals surface area contributed by atoms with E-state index in [-0.39, 0.29) is 11.5 Å². The Balaban J connectivity index is 0.000000261. The second kappa shape index (κ2) is 17.4. The topological polar surface area (TPSA) is 40.5 Å². The van der Waals surface area contributed by atoms with E-state index < -0.39 is 23.5 Å². The van der Waals surface area contributed by atoms with Crippen LogP contribution in [0, 0.1) is 6.08 Å². The first kappa shape index (κ1) is 34.7. The van der Waals surface area contributed by atoms with Crippen LogP contribution in [0.4, 0.5) is 26.3 Å². The third kappa shape index (κ3) is 15.3. The maximum absolute atomic E-state index is 11.8. The van der Waals surface area contributed by atoms with Crippen molar-refractivity contribution in [1.82, 2.24) is 0 Å². The van der Waals surface area contributed by atoms with Crippen molar-refractivity contribution in [2.75, 3.05) is 0 Å². The van der Waals surface area contributed by atoms with Crippen LogP contribution in [0.3, 0.4) is 0 Å². The Hall–Kier alpha value is -3.32. The monoisotopic (exact) mass is 636 g/mol. The van der Waals surface area contributed by atoms with E-state index >= 15 is 0 Å². The van der Waals surface area contributed by atoms with Gasteiger partial charge >= 0.3 is 53.6 Å². The summed E-state index contributed by atoms with van der Waals surface area (Å²) in [7, 11) is 0. The molecule has 0 saturated heterocycles. The van der Waals surface area contributed by atoms with Crippen molar-refractivity contribution in [1.29, 1.82) is 0 Å². The normalized spacial score (nSPS) is 11.6. The summed E-state index contributed by atoms with van der Waals surface area (Å²) < 4.78 is 72.5. The van der Waals surface area contributed by atoms with Crippen LogP contribution in [-0.2, 0) is 36.6 Å². The molecule has 210 valence electrons. The molecule has 0 bridgehead atoms. The summed E-state index contributed by atoms with van der Waals surface area (Å²) in [5.74, 6) is -0.337. The van der Waals surface area contributed by atoms with Gasteiger partial charge in [-0.25, -0.2) is 12.2 Å². The molecule has 1 aliphatic rings. The number of phenolic OH excluding ortho intramolecular Hbond substituents is 2. The Morgan fingerprint density at radius 1 is 0.750 bits per heavy atom. The van der Waals surface area contributed by atoms with Gasteiger partial charge in [0.25, 0.3) is 0 Å². The predicted octanol–water partition coefficient (Wildman–Crippen LogP) is 9.43. The molecule has 0 aromatic heterocycles. The molecule has 0 atom stereocenters. The molecule has 0 spiro atoms. The Morgan fingerprint density at radius 3 is 1.52 bits per heavy atom. The first-order valence-corrected chi connectivity index (χ1v) is 13.0. The standard InChI is InChI=1S/C9H7.2C7H5F3O.C5H5.C3H6.Zr/c1-2-5-9-7-3-6-8(9)4-1;2*8-7(9,10)5-1-3-6(11)4-2-5;1-2-4-5-3-1;1-3-2;/h1-7H;2*1-4,11H;1-3H,4H2;1-2H3;/q-1;;;-1;;+2. The third-order valence-corrected chi connectivity index (χ3v) is 4.52. The molecule has 0 saturated carbocycles. The van der Waals surface area contributed by atoms with Gasteiger partial charge in [0.2, 0.25) is 0 Å². The molecule has 4 aromatic rings. The summed E-state index contributed by atoms with van der Waals surface area (Å²) in [5.41, 5.74) is -1.51. The summed E-state index contributed by atoms with van der Waals surface area (Å²) in [4.78, 5) is 0. The van der Waals surface area contributed by atoms with Crippen molar-refractivity contribution in [2.45, 2.75) is 32.6 Å². The SMILES string of the molecule is C[C](C)=[Zr+2].Oc1ccc(C(F)(F)F)cc1.Oc1ccc(C(F)(F)F)cc1.[C-]1=CC=CC1.c1ccc2[cH-]ccc2c1. The molecule has 0 amide bonds. The third-order valence-electron chi connectivity index (χ3n) is 4.52. The Labute approximate surface area is 244 Å². The number of benzene rings is 3. The Morgan fingerprint density at radius 2 is 1.20 bits per heavy atom. The number of phenols is 2. The number of fused-ring (bicyclic) bond motifs is 1. The molecule has 0 unspecified atom stereocenters. The molecular formula is C31H28F6O2Zr. The Bertz CT molecular complexity index is 1230. The summed E-state index contributed by atoms with van der Waals surface area (Å²) in [6, 6.07) is 22.0. The van der Waals surface area contributed by atoms with E-state index in [4.69, 9.17) is 10.2 Å². The predicted molar refractivity (Wildman–Crippen MR) is 144 cm³/mol. The molecule has 0 heterocycles. The maximum Gasteiger partial charge on any atom is 0.416 e. The largest absolute Gasteiger partial charge is 0.508 e. The first-order chi connectivity index (χ1) is 18.7. The average Bonchev–Trinajstić information content (AvgIpc) is 3.59. The van der Waals surface area contributed by atoms with Crippen LogP contribution in [0.15, 0.2) is 109 Å². The second-order valence-corrected chi connectivity index (χ2v) is 10.7. The summed E-state index contributed by atoms with van der Waals surface area (Å²) in [6.07, 6.45) is 1.35. The van der Waals surface area contributed by atoms with Crippen molar-refractivity contribution in [3.05, 3.63) is 126 Å². The molecule has 1 aliphatic carbocycles. The zero-order valence-corrected chi connectivity index (χ0v) is 24.2. The minimum atomic E-state index is -4.33. The van der Waals surface area contributed by atoms with E-state index in [9.17, 15) is 26.3 Å². The van der Waals surface area contributed by atoms with Crippen LogP contribution in [0.2, 0.25) is 0 Å². The van der Waals surface area contributed by atoms with E-state index in [0.717, 1.165) is 55.0 Å². The van der Waals surface area contributed by atoms with Crippen LogP contribution in [-0.4, -0.2) is 13.4 Å². The quantitative estimate of drug-likeness (QED) is 0.149. The molecular weight excluding hydrogens is 610 g/mol. The van der Waals surface area contributed by atoms with Gasteiger partial charge in [0.15, 0.2) is 0 Å². The van der Waals surface area contributed by atoms with E-state index in [1.165, 1.54) is 14.0 Å². The fourth-order valence-electron chi connectivity index (χ4n) is 2.71. The van der Waals surface area contributed by atoms with Gasteiger partial charge in [0.1, 0.15) is 11.5 Å². The fourth-order valence-corrected chi connectivity index (χ4v) is 2.71. The van der Waals surface area contributed by atoms with Gasteiger partial charge in [-0.05, 0) is 48.5 Å². The van der Waals surface area contributed by atoms with Crippen LogP contribution in [0.5, 0.6) is 11.5 Å². The molecule has 2 N–H and O–H groups in total. The number of hydrogen-bond donors (Lipinski definition) is 2. The summed E-state index contributed by atoms with van der Waals surface area (Å²) >= 11 is 1.55. The van der Waals surface area contributed by atoms with Gasteiger partial charge < -0.3 is 10.2 Å². The van der Waals surface area contributed by atoms with Crippen LogP contribution >= 0.6 is 0 Å².